The topological polar surface area (TPSA) is 57.7 Å². The van der Waals surface area contributed by atoms with Gasteiger partial charge in [0.2, 0.25) is 5.88 Å². The number of rotatable bonds is 10. The number of nitrogens with zero attached hydrogens (tertiary/aromatic N) is 1. The summed E-state index contributed by atoms with van der Waals surface area (Å²) < 4.78 is 54.2. The SMILES string of the molecule is CCCCOc1cc(Oc2ccc(C(F)(F)F)cn2)ccc1CCC(=O)OCC. The first-order valence-corrected chi connectivity index (χ1v) is 9.46. The Labute approximate surface area is 167 Å². The zero-order chi connectivity index (χ0) is 21.3. The third kappa shape index (κ3) is 7.29. The van der Waals surface area contributed by atoms with E-state index in [1.807, 2.05) is 6.92 Å². The van der Waals surface area contributed by atoms with Crippen LogP contribution in [0.2, 0.25) is 0 Å². The van der Waals surface area contributed by atoms with Gasteiger partial charge in [-0.15, -0.1) is 0 Å². The fourth-order valence-corrected chi connectivity index (χ4v) is 2.46. The van der Waals surface area contributed by atoms with Crippen molar-refractivity contribution in [3.63, 3.8) is 0 Å². The predicted octanol–water partition coefficient (Wildman–Crippen LogP) is 5.57. The number of carbonyl (C=O) groups is 1. The minimum atomic E-state index is -4.45. The first kappa shape index (κ1) is 22.5. The van der Waals surface area contributed by atoms with Crippen LogP contribution in [0.1, 0.15) is 44.2 Å². The first-order valence-electron chi connectivity index (χ1n) is 9.46. The lowest BCUT2D eigenvalue weighted by atomic mass is 10.1. The molecule has 0 atom stereocenters. The molecule has 1 aromatic heterocycles. The molecule has 0 radical (unpaired) electrons. The standard InChI is InChI=1S/C21H24F3NO4/c1-3-5-12-28-18-13-17(9-6-15(18)7-11-20(26)27-4-2)29-19-10-8-16(14-25-19)21(22,23)24/h6,8-10,13-14H,3-5,7,11-12H2,1-2H3. The molecule has 2 rings (SSSR count). The van der Waals surface area contributed by atoms with Crippen molar-refractivity contribution in [2.75, 3.05) is 13.2 Å². The summed E-state index contributed by atoms with van der Waals surface area (Å²) in [5.74, 6) is 0.689. The third-order valence-electron chi connectivity index (χ3n) is 3.98. The van der Waals surface area contributed by atoms with E-state index in [2.05, 4.69) is 4.98 Å². The van der Waals surface area contributed by atoms with Crippen LogP contribution >= 0.6 is 0 Å². The Morgan fingerprint density at radius 1 is 1.14 bits per heavy atom. The lowest BCUT2D eigenvalue weighted by molar-refractivity contribution is -0.143. The van der Waals surface area contributed by atoms with Crippen LogP contribution < -0.4 is 9.47 Å². The first-order chi connectivity index (χ1) is 13.8. The van der Waals surface area contributed by atoms with Crippen LogP contribution in [-0.2, 0) is 22.1 Å². The number of aryl methyl sites for hydroxylation is 1. The van der Waals surface area contributed by atoms with E-state index in [0.717, 1.165) is 36.7 Å². The Kier molecular flexibility index (Phi) is 8.30. The van der Waals surface area contributed by atoms with Crippen LogP contribution in [-0.4, -0.2) is 24.2 Å². The Balaban J connectivity index is 2.13. The van der Waals surface area contributed by atoms with Gasteiger partial charge in [-0.2, -0.15) is 13.2 Å². The van der Waals surface area contributed by atoms with Gasteiger partial charge in [0.15, 0.2) is 0 Å². The highest BCUT2D eigenvalue weighted by molar-refractivity contribution is 5.69. The Morgan fingerprint density at radius 3 is 2.55 bits per heavy atom. The Hall–Kier alpha value is -2.77. The van der Waals surface area contributed by atoms with Gasteiger partial charge >= 0.3 is 12.1 Å². The monoisotopic (exact) mass is 411 g/mol. The molecule has 0 fully saturated rings. The maximum atomic E-state index is 12.6. The normalized spacial score (nSPS) is 11.2. The molecular formula is C21H24F3NO4. The fraction of sp³-hybridized carbons (Fsp3) is 0.429. The number of alkyl halides is 3. The van der Waals surface area contributed by atoms with Crippen LogP contribution in [0.5, 0.6) is 17.4 Å². The van der Waals surface area contributed by atoms with Gasteiger partial charge in [-0.3, -0.25) is 4.79 Å². The third-order valence-corrected chi connectivity index (χ3v) is 3.98. The molecule has 8 heteroatoms. The molecule has 0 bridgehead atoms. The summed E-state index contributed by atoms with van der Waals surface area (Å²) in [5, 5.41) is 0. The number of pyridine rings is 1. The van der Waals surface area contributed by atoms with Gasteiger partial charge in [-0.1, -0.05) is 19.4 Å². The molecule has 0 N–H and O–H groups in total. The number of hydrogen-bond donors (Lipinski definition) is 0. The smallest absolute Gasteiger partial charge is 0.417 e. The molecule has 0 saturated carbocycles. The summed E-state index contributed by atoms with van der Waals surface area (Å²) >= 11 is 0. The molecule has 0 aliphatic carbocycles. The molecule has 0 aliphatic rings. The number of hydrogen-bond acceptors (Lipinski definition) is 5. The number of halogens is 3. The molecule has 29 heavy (non-hydrogen) atoms. The van der Waals surface area contributed by atoms with Crippen LogP contribution in [0.4, 0.5) is 13.2 Å². The van der Waals surface area contributed by atoms with Crippen LogP contribution in [0, 0.1) is 0 Å². The van der Waals surface area contributed by atoms with E-state index in [0.29, 0.717) is 31.1 Å². The number of carbonyl (C=O) groups excluding carboxylic acids is 1. The van der Waals surface area contributed by atoms with E-state index in [4.69, 9.17) is 14.2 Å². The quantitative estimate of drug-likeness (QED) is 0.378. The van der Waals surface area contributed by atoms with Gasteiger partial charge < -0.3 is 14.2 Å². The van der Waals surface area contributed by atoms with Gasteiger partial charge in [0.25, 0.3) is 0 Å². The maximum absolute atomic E-state index is 12.6. The molecule has 158 valence electrons. The van der Waals surface area contributed by atoms with Crippen molar-refractivity contribution in [2.24, 2.45) is 0 Å². The fourth-order valence-electron chi connectivity index (χ4n) is 2.46. The largest absolute Gasteiger partial charge is 0.493 e. The summed E-state index contributed by atoms with van der Waals surface area (Å²) in [7, 11) is 0. The highest BCUT2D eigenvalue weighted by Crippen LogP contribution is 2.32. The Morgan fingerprint density at radius 2 is 1.93 bits per heavy atom. The number of esters is 1. The molecule has 0 amide bonds. The van der Waals surface area contributed by atoms with E-state index in [-0.39, 0.29) is 18.3 Å². The molecule has 0 unspecified atom stereocenters. The van der Waals surface area contributed by atoms with Crippen LogP contribution in [0.15, 0.2) is 36.5 Å². The number of ether oxygens (including phenoxy) is 3. The van der Waals surface area contributed by atoms with Crippen molar-refractivity contribution < 1.29 is 32.2 Å². The summed E-state index contributed by atoms with van der Waals surface area (Å²) in [4.78, 5) is 15.3. The van der Waals surface area contributed by atoms with Crippen LogP contribution in [0.3, 0.4) is 0 Å². The van der Waals surface area contributed by atoms with E-state index in [1.165, 1.54) is 0 Å². The summed E-state index contributed by atoms with van der Waals surface area (Å²) in [6.07, 6.45) is -1.24. The number of aromatic nitrogens is 1. The zero-order valence-corrected chi connectivity index (χ0v) is 16.4. The average molecular weight is 411 g/mol. The molecule has 5 nitrogen and oxygen atoms in total. The molecular weight excluding hydrogens is 387 g/mol. The van der Waals surface area contributed by atoms with Gasteiger partial charge in [0.05, 0.1) is 18.8 Å². The van der Waals surface area contributed by atoms with Crippen molar-refractivity contribution >= 4 is 5.97 Å². The number of unbranched alkanes of at least 4 members (excludes halogenated alkanes) is 1. The van der Waals surface area contributed by atoms with E-state index in [9.17, 15) is 18.0 Å². The number of benzene rings is 1. The van der Waals surface area contributed by atoms with E-state index < -0.39 is 11.7 Å². The summed E-state index contributed by atoms with van der Waals surface area (Å²) in [6, 6.07) is 7.14. The highest BCUT2D eigenvalue weighted by Gasteiger charge is 2.30. The lowest BCUT2D eigenvalue weighted by Gasteiger charge is -2.14. The lowest BCUT2D eigenvalue weighted by Crippen LogP contribution is -2.07. The van der Waals surface area contributed by atoms with Crippen molar-refractivity contribution in [2.45, 2.75) is 45.7 Å². The molecule has 0 saturated heterocycles. The molecule has 0 aliphatic heterocycles. The van der Waals surface area contributed by atoms with Crippen molar-refractivity contribution in [3.05, 3.63) is 47.7 Å². The van der Waals surface area contributed by atoms with E-state index >= 15 is 0 Å². The van der Waals surface area contributed by atoms with Crippen LogP contribution in [0.25, 0.3) is 0 Å². The second kappa shape index (κ2) is 10.7. The van der Waals surface area contributed by atoms with E-state index in [1.54, 1.807) is 25.1 Å². The predicted molar refractivity (Wildman–Crippen MR) is 101 cm³/mol. The zero-order valence-electron chi connectivity index (χ0n) is 16.4. The average Bonchev–Trinajstić information content (AvgIpc) is 2.67. The summed E-state index contributed by atoms with van der Waals surface area (Å²) in [6.45, 7) is 4.62. The second-order valence-corrected chi connectivity index (χ2v) is 6.26. The van der Waals surface area contributed by atoms with Gasteiger partial charge in [-0.05, 0) is 37.5 Å². The molecule has 2 aromatic rings. The van der Waals surface area contributed by atoms with Crippen molar-refractivity contribution in [1.82, 2.24) is 4.98 Å². The van der Waals surface area contributed by atoms with Gasteiger partial charge in [-0.25, -0.2) is 4.98 Å². The van der Waals surface area contributed by atoms with Gasteiger partial charge in [0, 0.05) is 24.8 Å². The molecule has 1 heterocycles. The van der Waals surface area contributed by atoms with Crippen molar-refractivity contribution in [3.8, 4) is 17.4 Å². The Bertz CT molecular complexity index is 792. The van der Waals surface area contributed by atoms with Gasteiger partial charge in [0.1, 0.15) is 11.5 Å². The minimum absolute atomic E-state index is 0.0387. The summed E-state index contributed by atoms with van der Waals surface area (Å²) in [5.41, 5.74) is -0.0235. The second-order valence-electron chi connectivity index (χ2n) is 6.26. The highest BCUT2D eigenvalue weighted by atomic mass is 19.4. The minimum Gasteiger partial charge on any atom is -0.493 e. The molecule has 1 aromatic carbocycles. The van der Waals surface area contributed by atoms with Crippen molar-refractivity contribution in [1.29, 1.82) is 0 Å². The molecule has 0 spiro atoms. The maximum Gasteiger partial charge on any atom is 0.417 e.